The molecule has 1 aromatic carbocycles. The third-order valence-electron chi connectivity index (χ3n) is 10.3. The number of hydrazone groups is 1. The van der Waals surface area contributed by atoms with Crippen LogP contribution in [0.3, 0.4) is 0 Å². The second-order valence-electron chi connectivity index (χ2n) is 13.0. The Hall–Kier alpha value is -1.84. The molecule has 0 spiro atoms. The van der Waals surface area contributed by atoms with E-state index in [9.17, 15) is 5.11 Å². The van der Waals surface area contributed by atoms with E-state index in [0.717, 1.165) is 31.4 Å². The molecule has 5 nitrogen and oxygen atoms in total. The number of nitrogens with zero attached hydrogens (tertiary/aromatic N) is 3. The summed E-state index contributed by atoms with van der Waals surface area (Å²) in [5.41, 5.74) is 1.85. The van der Waals surface area contributed by atoms with Crippen LogP contribution in [0.5, 0.6) is 5.75 Å². The van der Waals surface area contributed by atoms with Crippen molar-refractivity contribution in [1.82, 2.24) is 5.01 Å². The third-order valence-corrected chi connectivity index (χ3v) is 14.7. The molecule has 6 atom stereocenters. The number of hydrogen-bond acceptors (Lipinski definition) is 5. The van der Waals surface area contributed by atoms with Crippen LogP contribution in [0.15, 0.2) is 23.3 Å². The van der Waals surface area contributed by atoms with Gasteiger partial charge in [0.15, 0.2) is 5.72 Å². The summed E-state index contributed by atoms with van der Waals surface area (Å²) in [5, 5.41) is 27.7. The topological polar surface area (TPSA) is 68.8 Å². The Balaban J connectivity index is 1.40. The van der Waals surface area contributed by atoms with E-state index in [1.165, 1.54) is 17.5 Å². The molecule has 2 saturated carbocycles. The predicted molar refractivity (Wildman–Crippen MR) is 138 cm³/mol. The molecule has 4 aliphatic rings. The van der Waals surface area contributed by atoms with Crippen molar-refractivity contribution < 1.29 is 9.53 Å². The van der Waals surface area contributed by atoms with Crippen molar-refractivity contribution in [2.24, 2.45) is 28.3 Å². The lowest BCUT2D eigenvalue weighted by Gasteiger charge is -2.54. The van der Waals surface area contributed by atoms with Gasteiger partial charge in [-0.3, -0.25) is 5.01 Å². The summed E-state index contributed by atoms with van der Waals surface area (Å²) in [4.78, 5) is 0. The average Bonchev–Trinajstić information content (AvgIpc) is 3.20. The van der Waals surface area contributed by atoms with Crippen LogP contribution in [0.2, 0.25) is 18.1 Å². The van der Waals surface area contributed by atoms with Crippen LogP contribution < -0.4 is 4.43 Å². The summed E-state index contributed by atoms with van der Waals surface area (Å²) in [6, 6.07) is 9.11. The smallest absolute Gasteiger partial charge is 0.250 e. The van der Waals surface area contributed by atoms with E-state index in [1.807, 2.05) is 11.2 Å². The van der Waals surface area contributed by atoms with Gasteiger partial charge in [-0.2, -0.15) is 10.4 Å². The Kier molecular flexibility index (Phi) is 5.50. The Morgan fingerprint density at radius 3 is 2.76 bits per heavy atom. The van der Waals surface area contributed by atoms with Gasteiger partial charge in [0.2, 0.25) is 8.32 Å². The van der Waals surface area contributed by atoms with Gasteiger partial charge in [-0.05, 0) is 91.2 Å². The fraction of sp³-hybridized carbons (Fsp3) is 0.714. The predicted octanol–water partition coefficient (Wildman–Crippen LogP) is 6.06. The van der Waals surface area contributed by atoms with Crippen LogP contribution in [0, 0.1) is 34.5 Å². The van der Waals surface area contributed by atoms with Crippen LogP contribution in [0.25, 0.3) is 0 Å². The number of fused-ring (bicyclic) bond motifs is 7. The number of benzene rings is 1. The maximum absolute atomic E-state index is 12.0. The molecule has 0 amide bonds. The maximum atomic E-state index is 12.0. The zero-order chi connectivity index (χ0) is 24.5. The summed E-state index contributed by atoms with van der Waals surface area (Å²) >= 11 is 0. The monoisotopic (exact) mass is 479 g/mol. The lowest BCUT2D eigenvalue weighted by molar-refractivity contribution is -0.199. The van der Waals surface area contributed by atoms with Gasteiger partial charge in [-0.25, -0.2) is 0 Å². The van der Waals surface area contributed by atoms with E-state index >= 15 is 0 Å². The third kappa shape index (κ3) is 3.30. The largest absolute Gasteiger partial charge is 0.543 e. The number of aryl methyl sites for hydroxylation is 1. The van der Waals surface area contributed by atoms with Gasteiger partial charge in [0.1, 0.15) is 5.75 Å². The van der Waals surface area contributed by atoms with E-state index in [4.69, 9.17) is 9.69 Å². The number of aliphatic hydroxyl groups is 1. The van der Waals surface area contributed by atoms with E-state index in [0.29, 0.717) is 30.7 Å². The molecule has 34 heavy (non-hydrogen) atoms. The SMILES string of the molecule is CC(C)(C)[Si](C)(C)Oc1ccc2c(c1)CCC1C2CC[C@@]2(C)C1CC1C=NN(CCC#N)C12O. The summed E-state index contributed by atoms with van der Waals surface area (Å²) < 4.78 is 6.62. The molecule has 3 aliphatic carbocycles. The van der Waals surface area contributed by atoms with Crippen LogP contribution in [0.4, 0.5) is 0 Å². The quantitative estimate of drug-likeness (QED) is 0.533. The summed E-state index contributed by atoms with van der Waals surface area (Å²) in [7, 11) is -1.86. The molecule has 184 valence electrons. The molecule has 6 heteroatoms. The Morgan fingerprint density at radius 2 is 2.06 bits per heavy atom. The van der Waals surface area contributed by atoms with Gasteiger partial charge in [0, 0.05) is 17.5 Å². The second kappa shape index (κ2) is 7.83. The van der Waals surface area contributed by atoms with E-state index in [1.54, 1.807) is 0 Å². The summed E-state index contributed by atoms with van der Waals surface area (Å²) in [5.74, 6) is 2.75. The zero-order valence-electron chi connectivity index (χ0n) is 21.8. The minimum absolute atomic E-state index is 0.0710. The first-order valence-electron chi connectivity index (χ1n) is 13.2. The molecule has 0 radical (unpaired) electrons. The molecule has 5 unspecified atom stereocenters. The molecule has 1 N–H and O–H groups in total. The van der Waals surface area contributed by atoms with Gasteiger partial charge in [-0.1, -0.05) is 33.8 Å². The van der Waals surface area contributed by atoms with E-state index in [-0.39, 0.29) is 16.4 Å². The van der Waals surface area contributed by atoms with Gasteiger partial charge < -0.3 is 9.53 Å². The Bertz CT molecular complexity index is 1040. The minimum Gasteiger partial charge on any atom is -0.543 e. The van der Waals surface area contributed by atoms with Crippen molar-refractivity contribution in [3.8, 4) is 11.8 Å². The maximum Gasteiger partial charge on any atom is 0.250 e. The number of rotatable bonds is 4. The summed E-state index contributed by atoms with van der Waals surface area (Å²) in [6.45, 7) is 14.3. The highest BCUT2D eigenvalue weighted by molar-refractivity contribution is 6.74. The number of hydrogen-bond donors (Lipinski definition) is 1. The van der Waals surface area contributed by atoms with Crippen molar-refractivity contribution in [3.63, 3.8) is 0 Å². The molecule has 1 aliphatic heterocycles. The minimum atomic E-state index is -1.86. The van der Waals surface area contributed by atoms with Crippen LogP contribution in [0.1, 0.15) is 76.8 Å². The molecule has 1 aromatic rings. The van der Waals surface area contributed by atoms with Gasteiger partial charge in [-0.15, -0.1) is 0 Å². The van der Waals surface area contributed by atoms with Crippen molar-refractivity contribution in [2.45, 2.75) is 96.0 Å². The van der Waals surface area contributed by atoms with Crippen molar-refractivity contribution in [3.05, 3.63) is 29.3 Å². The molecular weight excluding hydrogens is 438 g/mol. The van der Waals surface area contributed by atoms with Gasteiger partial charge in [0.25, 0.3) is 0 Å². The molecule has 5 rings (SSSR count). The highest BCUT2D eigenvalue weighted by Gasteiger charge is 2.69. The van der Waals surface area contributed by atoms with Crippen LogP contribution >= 0.6 is 0 Å². The molecular formula is C28H41N3O2Si. The fourth-order valence-electron chi connectivity index (χ4n) is 7.43. The first kappa shape index (κ1) is 23.9. The molecule has 0 saturated heterocycles. The number of nitriles is 1. The highest BCUT2D eigenvalue weighted by atomic mass is 28.4. The lowest BCUT2D eigenvalue weighted by Crippen LogP contribution is -2.59. The molecule has 0 aromatic heterocycles. The van der Waals surface area contributed by atoms with Crippen LogP contribution in [-0.4, -0.2) is 36.9 Å². The average molecular weight is 480 g/mol. The van der Waals surface area contributed by atoms with Crippen molar-refractivity contribution in [1.29, 1.82) is 5.26 Å². The van der Waals surface area contributed by atoms with E-state index in [2.05, 4.69) is 70.2 Å². The molecule has 0 bridgehead atoms. The lowest BCUT2D eigenvalue weighted by atomic mass is 9.54. The van der Waals surface area contributed by atoms with Crippen molar-refractivity contribution in [2.75, 3.05) is 6.54 Å². The van der Waals surface area contributed by atoms with E-state index < -0.39 is 14.0 Å². The first-order valence-corrected chi connectivity index (χ1v) is 16.1. The van der Waals surface area contributed by atoms with Crippen LogP contribution in [-0.2, 0) is 6.42 Å². The van der Waals surface area contributed by atoms with Crippen molar-refractivity contribution >= 4 is 14.5 Å². The first-order chi connectivity index (χ1) is 15.9. The molecule has 1 heterocycles. The summed E-state index contributed by atoms with van der Waals surface area (Å²) in [6.07, 6.45) is 7.74. The normalized spacial score (nSPS) is 36.4. The Labute approximate surface area is 206 Å². The zero-order valence-corrected chi connectivity index (χ0v) is 22.8. The molecule has 2 fully saturated rings. The van der Waals surface area contributed by atoms with Gasteiger partial charge in [0.05, 0.1) is 19.0 Å². The highest BCUT2D eigenvalue weighted by Crippen LogP contribution is 2.67. The standard InChI is InChI=1S/C28H41N3O2Si/c1-26(2,3)34(5,6)33-21-9-11-22-19(16-21)8-10-24-23(22)12-13-27(4)25(24)17-20-18-30-31(15-7-14-29)28(20,27)32/h9,11,16,18,20,23-25,32H,7-8,10,12-13,15,17H2,1-6H3/t20?,23?,24?,25?,27-,28?/m0/s1. The van der Waals surface area contributed by atoms with Gasteiger partial charge >= 0.3 is 0 Å². The fourth-order valence-corrected chi connectivity index (χ4v) is 8.45. The second-order valence-corrected chi connectivity index (χ2v) is 17.7. The Morgan fingerprint density at radius 1 is 1.29 bits per heavy atom.